The molecule has 2 unspecified atom stereocenters. The Labute approximate surface area is 127 Å². The number of anilines is 2. The number of nitrogens with one attached hydrogen (secondary N) is 2. The third kappa shape index (κ3) is 4.56. The average molecular weight is 292 g/mol. The molecule has 0 spiro atoms. The molecule has 0 radical (unpaired) electrons. The van der Waals surface area contributed by atoms with E-state index in [1.807, 2.05) is 6.07 Å². The summed E-state index contributed by atoms with van der Waals surface area (Å²) in [6.07, 6.45) is 5.49. The van der Waals surface area contributed by atoms with Crippen molar-refractivity contribution in [3.8, 4) is 0 Å². The van der Waals surface area contributed by atoms with Gasteiger partial charge in [-0.1, -0.05) is 20.3 Å². The van der Waals surface area contributed by atoms with Crippen LogP contribution in [-0.2, 0) is 6.42 Å². The number of aromatic nitrogens is 2. The highest BCUT2D eigenvalue weighted by molar-refractivity contribution is 5.47. The first-order chi connectivity index (χ1) is 10.3. The van der Waals surface area contributed by atoms with Crippen LogP contribution in [0.3, 0.4) is 0 Å². The molecule has 1 fully saturated rings. The number of rotatable bonds is 8. The van der Waals surface area contributed by atoms with E-state index in [2.05, 4.69) is 34.4 Å². The summed E-state index contributed by atoms with van der Waals surface area (Å²) in [5, 5.41) is 16.2. The number of aryl methyl sites for hydroxylation is 1. The first kappa shape index (κ1) is 16.0. The molecule has 118 valence electrons. The molecule has 5 nitrogen and oxygen atoms in total. The molecule has 3 N–H and O–H groups in total. The molecule has 1 saturated carbocycles. The maximum Gasteiger partial charge on any atom is 0.132 e. The van der Waals surface area contributed by atoms with Crippen molar-refractivity contribution in [2.75, 3.05) is 30.3 Å². The molecule has 1 aromatic heterocycles. The molecule has 2 rings (SSSR count). The van der Waals surface area contributed by atoms with E-state index in [1.54, 1.807) is 0 Å². The van der Waals surface area contributed by atoms with Gasteiger partial charge in [-0.05, 0) is 31.1 Å². The lowest BCUT2D eigenvalue weighted by Gasteiger charge is -2.18. The van der Waals surface area contributed by atoms with Gasteiger partial charge in [-0.3, -0.25) is 0 Å². The number of hydrogen-bond acceptors (Lipinski definition) is 5. The standard InChI is InChI=1S/C16H28N4O/c1-3-8-17-15-9-16(20-14(4-2)19-15)18-10-12-6-5-7-13(12)11-21/h9,12-13,21H,3-8,10-11H2,1-2H3,(H2,17,18,19,20). The number of aliphatic hydroxyl groups excluding tert-OH is 1. The molecule has 0 aromatic carbocycles. The summed E-state index contributed by atoms with van der Waals surface area (Å²) in [4.78, 5) is 9.05. The van der Waals surface area contributed by atoms with Crippen LogP contribution in [0.5, 0.6) is 0 Å². The Morgan fingerprint density at radius 3 is 2.52 bits per heavy atom. The zero-order chi connectivity index (χ0) is 15.1. The molecule has 1 aliphatic rings. The van der Waals surface area contributed by atoms with Gasteiger partial charge < -0.3 is 15.7 Å². The van der Waals surface area contributed by atoms with Crippen LogP contribution >= 0.6 is 0 Å². The number of nitrogens with zero attached hydrogens (tertiary/aromatic N) is 2. The first-order valence-corrected chi connectivity index (χ1v) is 8.23. The van der Waals surface area contributed by atoms with Gasteiger partial charge in [-0.25, -0.2) is 9.97 Å². The predicted octanol–water partition coefficient (Wildman–Crippen LogP) is 2.68. The second kappa shape index (κ2) is 8.17. The second-order valence-electron chi connectivity index (χ2n) is 5.85. The monoisotopic (exact) mass is 292 g/mol. The third-order valence-electron chi connectivity index (χ3n) is 4.24. The third-order valence-corrected chi connectivity index (χ3v) is 4.24. The molecular weight excluding hydrogens is 264 g/mol. The van der Waals surface area contributed by atoms with Gasteiger partial charge in [0, 0.05) is 32.2 Å². The fraction of sp³-hybridized carbons (Fsp3) is 0.750. The molecule has 0 amide bonds. The topological polar surface area (TPSA) is 70.1 Å². The highest BCUT2D eigenvalue weighted by atomic mass is 16.3. The van der Waals surface area contributed by atoms with Crippen LogP contribution in [0.2, 0.25) is 0 Å². The second-order valence-corrected chi connectivity index (χ2v) is 5.85. The van der Waals surface area contributed by atoms with E-state index in [-0.39, 0.29) is 0 Å². The Morgan fingerprint density at radius 1 is 1.14 bits per heavy atom. The van der Waals surface area contributed by atoms with Gasteiger partial charge in [0.15, 0.2) is 0 Å². The van der Waals surface area contributed by atoms with Gasteiger partial charge in [-0.15, -0.1) is 0 Å². The molecule has 21 heavy (non-hydrogen) atoms. The largest absolute Gasteiger partial charge is 0.396 e. The van der Waals surface area contributed by atoms with Gasteiger partial charge in [0.25, 0.3) is 0 Å². The molecule has 1 aromatic rings. The Bertz CT molecular complexity index is 438. The summed E-state index contributed by atoms with van der Waals surface area (Å²) < 4.78 is 0. The zero-order valence-corrected chi connectivity index (χ0v) is 13.2. The van der Waals surface area contributed by atoms with Crippen LogP contribution in [0.4, 0.5) is 11.6 Å². The number of hydrogen-bond donors (Lipinski definition) is 3. The fourth-order valence-electron chi connectivity index (χ4n) is 2.95. The van der Waals surface area contributed by atoms with Gasteiger partial charge in [0.05, 0.1) is 0 Å². The Hall–Kier alpha value is -1.36. The van der Waals surface area contributed by atoms with E-state index in [4.69, 9.17) is 0 Å². The van der Waals surface area contributed by atoms with Gasteiger partial charge >= 0.3 is 0 Å². The summed E-state index contributed by atoms with van der Waals surface area (Å²) in [6, 6.07) is 1.98. The molecular formula is C16H28N4O. The molecule has 1 heterocycles. The van der Waals surface area contributed by atoms with Crippen LogP contribution in [0, 0.1) is 11.8 Å². The van der Waals surface area contributed by atoms with Gasteiger partial charge in [0.2, 0.25) is 0 Å². The minimum atomic E-state index is 0.305. The van der Waals surface area contributed by atoms with Crippen LogP contribution in [0.1, 0.15) is 45.4 Å². The van der Waals surface area contributed by atoms with E-state index in [9.17, 15) is 5.11 Å². The van der Waals surface area contributed by atoms with Crippen molar-refractivity contribution in [2.45, 2.75) is 46.0 Å². The van der Waals surface area contributed by atoms with Crippen molar-refractivity contribution in [1.82, 2.24) is 9.97 Å². The summed E-state index contributed by atoms with van der Waals surface area (Å²) in [5.74, 6) is 3.66. The zero-order valence-electron chi connectivity index (χ0n) is 13.2. The molecule has 2 atom stereocenters. The van der Waals surface area contributed by atoms with Crippen molar-refractivity contribution < 1.29 is 5.11 Å². The van der Waals surface area contributed by atoms with E-state index in [1.165, 1.54) is 12.8 Å². The predicted molar refractivity (Wildman–Crippen MR) is 86.6 cm³/mol. The first-order valence-electron chi connectivity index (χ1n) is 8.23. The van der Waals surface area contributed by atoms with Crippen LogP contribution < -0.4 is 10.6 Å². The van der Waals surface area contributed by atoms with Crippen LogP contribution in [0.15, 0.2) is 6.07 Å². The highest BCUT2D eigenvalue weighted by Gasteiger charge is 2.26. The van der Waals surface area contributed by atoms with Crippen molar-refractivity contribution in [1.29, 1.82) is 0 Å². The normalized spacial score (nSPS) is 21.5. The minimum Gasteiger partial charge on any atom is -0.396 e. The SMILES string of the molecule is CCCNc1cc(NCC2CCCC2CO)nc(CC)n1. The molecule has 0 bridgehead atoms. The van der Waals surface area contributed by atoms with Gasteiger partial charge in [-0.2, -0.15) is 0 Å². The summed E-state index contributed by atoms with van der Waals surface area (Å²) in [7, 11) is 0. The van der Waals surface area contributed by atoms with Crippen molar-refractivity contribution in [3.63, 3.8) is 0 Å². The average Bonchev–Trinajstić information content (AvgIpc) is 2.98. The van der Waals surface area contributed by atoms with E-state index in [0.717, 1.165) is 49.8 Å². The summed E-state index contributed by atoms with van der Waals surface area (Å²) in [6.45, 7) is 6.33. The Morgan fingerprint density at radius 2 is 1.86 bits per heavy atom. The quantitative estimate of drug-likeness (QED) is 0.687. The molecule has 1 aliphatic carbocycles. The lowest BCUT2D eigenvalue weighted by molar-refractivity contribution is 0.199. The smallest absolute Gasteiger partial charge is 0.132 e. The molecule has 5 heteroatoms. The van der Waals surface area contributed by atoms with Crippen molar-refractivity contribution >= 4 is 11.6 Å². The van der Waals surface area contributed by atoms with E-state index >= 15 is 0 Å². The Balaban J connectivity index is 1.97. The maximum atomic E-state index is 9.39. The molecule has 0 aliphatic heterocycles. The fourth-order valence-corrected chi connectivity index (χ4v) is 2.95. The Kier molecular flexibility index (Phi) is 6.23. The minimum absolute atomic E-state index is 0.305. The van der Waals surface area contributed by atoms with Crippen LogP contribution in [-0.4, -0.2) is 34.8 Å². The van der Waals surface area contributed by atoms with Crippen LogP contribution in [0.25, 0.3) is 0 Å². The summed E-state index contributed by atoms with van der Waals surface area (Å²) >= 11 is 0. The van der Waals surface area contributed by atoms with Crippen molar-refractivity contribution in [2.24, 2.45) is 11.8 Å². The summed E-state index contributed by atoms with van der Waals surface area (Å²) in [5.41, 5.74) is 0. The lowest BCUT2D eigenvalue weighted by atomic mass is 9.97. The van der Waals surface area contributed by atoms with Gasteiger partial charge in [0.1, 0.15) is 17.5 Å². The van der Waals surface area contributed by atoms with E-state index < -0.39 is 0 Å². The lowest BCUT2D eigenvalue weighted by Crippen LogP contribution is -2.21. The van der Waals surface area contributed by atoms with E-state index in [0.29, 0.717) is 18.4 Å². The van der Waals surface area contributed by atoms with Crippen molar-refractivity contribution in [3.05, 3.63) is 11.9 Å². The number of aliphatic hydroxyl groups is 1. The highest BCUT2D eigenvalue weighted by Crippen LogP contribution is 2.31. The molecule has 0 saturated heterocycles. The maximum absolute atomic E-state index is 9.39.